The maximum absolute atomic E-state index is 13.5. The van der Waals surface area contributed by atoms with E-state index in [1.807, 2.05) is 17.0 Å². The van der Waals surface area contributed by atoms with E-state index in [2.05, 4.69) is 16.9 Å². The second-order valence-electron chi connectivity index (χ2n) is 11.6. The van der Waals surface area contributed by atoms with Crippen LogP contribution in [0.3, 0.4) is 0 Å². The van der Waals surface area contributed by atoms with Crippen LogP contribution in [0.25, 0.3) is 11.3 Å². The van der Waals surface area contributed by atoms with Gasteiger partial charge in [0.25, 0.3) is 5.56 Å². The van der Waals surface area contributed by atoms with E-state index in [0.717, 1.165) is 37.7 Å². The van der Waals surface area contributed by atoms with Crippen molar-refractivity contribution < 1.29 is 9.90 Å². The van der Waals surface area contributed by atoms with Crippen molar-refractivity contribution in [3.05, 3.63) is 47.3 Å². The zero-order valence-corrected chi connectivity index (χ0v) is 21.6. The van der Waals surface area contributed by atoms with Crippen molar-refractivity contribution in [3.8, 4) is 11.3 Å². The zero-order chi connectivity index (χ0) is 25.2. The lowest BCUT2D eigenvalue weighted by Crippen LogP contribution is -2.62. The third-order valence-electron chi connectivity index (χ3n) is 9.26. The monoisotopic (exact) mass is 492 g/mol. The highest BCUT2D eigenvalue weighted by molar-refractivity contribution is 5.78. The van der Waals surface area contributed by atoms with E-state index in [9.17, 15) is 14.7 Å². The SMILES string of the molecule is C[C@H](CC1CCCCC1)C(=O)N1CCC(O)(Cn2cc(-c3ccncc3)ncc2=O)C2(CCCC2)C1. The zero-order valence-electron chi connectivity index (χ0n) is 21.6. The molecule has 1 unspecified atom stereocenters. The van der Waals surface area contributed by atoms with Crippen LogP contribution in [0.1, 0.15) is 77.6 Å². The standard InChI is InChI=1S/C29H40N4O3/c1-22(17-23-7-3-2-4-8-23)27(35)32-16-13-29(36,28(20-32)11-5-6-12-28)21-33-19-25(31-18-26(33)34)24-9-14-30-15-10-24/h9-10,14-15,18-19,22-23,36H,2-8,11-13,16-17,20-21H2,1H3/t22-,29?/m1/s1. The number of piperidine rings is 1. The number of hydrogen-bond donors (Lipinski definition) is 1. The van der Waals surface area contributed by atoms with Crippen LogP contribution in [0, 0.1) is 17.3 Å². The topological polar surface area (TPSA) is 88.3 Å². The van der Waals surface area contributed by atoms with Crippen LogP contribution in [0.5, 0.6) is 0 Å². The van der Waals surface area contributed by atoms with Crippen molar-refractivity contribution in [2.45, 2.75) is 89.7 Å². The molecule has 2 aromatic rings. The molecule has 3 aliphatic rings. The number of carbonyl (C=O) groups is 1. The van der Waals surface area contributed by atoms with E-state index in [-0.39, 0.29) is 29.3 Å². The van der Waals surface area contributed by atoms with E-state index < -0.39 is 5.60 Å². The lowest BCUT2D eigenvalue weighted by atomic mass is 9.65. The Hall–Kier alpha value is -2.54. The molecule has 2 aromatic heterocycles. The molecule has 2 aliphatic carbocycles. The highest BCUT2D eigenvalue weighted by atomic mass is 16.3. The minimum Gasteiger partial charge on any atom is -0.387 e. The molecule has 2 saturated carbocycles. The number of aliphatic hydroxyl groups is 1. The molecule has 5 rings (SSSR count). The van der Waals surface area contributed by atoms with Gasteiger partial charge in [-0.1, -0.05) is 51.9 Å². The molecule has 36 heavy (non-hydrogen) atoms. The molecule has 3 heterocycles. The van der Waals surface area contributed by atoms with E-state index in [4.69, 9.17) is 0 Å². The quantitative estimate of drug-likeness (QED) is 0.644. The predicted octanol–water partition coefficient (Wildman–Crippen LogP) is 4.44. The van der Waals surface area contributed by atoms with Gasteiger partial charge in [0.1, 0.15) is 0 Å². The molecule has 7 heteroatoms. The van der Waals surface area contributed by atoms with Gasteiger partial charge >= 0.3 is 0 Å². The molecule has 1 saturated heterocycles. The summed E-state index contributed by atoms with van der Waals surface area (Å²) >= 11 is 0. The summed E-state index contributed by atoms with van der Waals surface area (Å²) in [5, 5.41) is 12.1. The van der Waals surface area contributed by atoms with Crippen molar-refractivity contribution in [2.75, 3.05) is 13.1 Å². The van der Waals surface area contributed by atoms with Crippen molar-refractivity contribution >= 4 is 5.91 Å². The van der Waals surface area contributed by atoms with Crippen molar-refractivity contribution in [1.82, 2.24) is 19.4 Å². The van der Waals surface area contributed by atoms with Gasteiger partial charge in [-0.15, -0.1) is 0 Å². The molecule has 7 nitrogen and oxygen atoms in total. The Kier molecular flexibility index (Phi) is 7.29. The van der Waals surface area contributed by atoms with Gasteiger partial charge in [-0.05, 0) is 43.7 Å². The van der Waals surface area contributed by atoms with Crippen LogP contribution in [-0.4, -0.2) is 49.1 Å². The Labute approximate surface area is 214 Å². The summed E-state index contributed by atoms with van der Waals surface area (Å²) in [6.45, 7) is 3.46. The fourth-order valence-corrected chi connectivity index (χ4v) is 7.14. The summed E-state index contributed by atoms with van der Waals surface area (Å²) in [6.07, 6.45) is 18.3. The van der Waals surface area contributed by atoms with Gasteiger partial charge in [0.15, 0.2) is 0 Å². The van der Waals surface area contributed by atoms with E-state index in [1.54, 1.807) is 23.2 Å². The van der Waals surface area contributed by atoms with Gasteiger partial charge in [0, 0.05) is 48.6 Å². The first-order valence-corrected chi connectivity index (χ1v) is 13.9. The van der Waals surface area contributed by atoms with Gasteiger partial charge in [-0.3, -0.25) is 14.6 Å². The Morgan fingerprint density at radius 3 is 2.56 bits per heavy atom. The summed E-state index contributed by atoms with van der Waals surface area (Å²) < 4.78 is 1.62. The molecular weight excluding hydrogens is 452 g/mol. The Balaban J connectivity index is 1.34. The van der Waals surface area contributed by atoms with E-state index in [1.165, 1.54) is 38.3 Å². The van der Waals surface area contributed by atoms with Crippen LogP contribution in [0.2, 0.25) is 0 Å². The highest BCUT2D eigenvalue weighted by Gasteiger charge is 2.55. The summed E-state index contributed by atoms with van der Waals surface area (Å²) in [5.74, 6) is 0.950. The molecule has 194 valence electrons. The molecule has 0 bridgehead atoms. The number of amides is 1. The van der Waals surface area contributed by atoms with Crippen LogP contribution >= 0.6 is 0 Å². The number of nitrogens with zero attached hydrogens (tertiary/aromatic N) is 4. The molecule has 0 radical (unpaired) electrons. The summed E-state index contributed by atoms with van der Waals surface area (Å²) in [7, 11) is 0. The second kappa shape index (κ2) is 10.4. The van der Waals surface area contributed by atoms with Crippen molar-refractivity contribution in [3.63, 3.8) is 0 Å². The largest absolute Gasteiger partial charge is 0.387 e. The van der Waals surface area contributed by atoms with Gasteiger partial charge < -0.3 is 14.6 Å². The van der Waals surface area contributed by atoms with Crippen molar-refractivity contribution in [1.29, 1.82) is 0 Å². The van der Waals surface area contributed by atoms with E-state index >= 15 is 0 Å². The van der Waals surface area contributed by atoms with Crippen LogP contribution in [0.15, 0.2) is 41.7 Å². The lowest BCUT2D eigenvalue weighted by Gasteiger charge is -2.52. The third kappa shape index (κ3) is 4.99. The molecule has 0 aromatic carbocycles. The minimum atomic E-state index is -1.03. The van der Waals surface area contributed by atoms with E-state index in [0.29, 0.717) is 31.1 Å². The first kappa shape index (κ1) is 25.1. The fourth-order valence-electron chi connectivity index (χ4n) is 7.14. The highest BCUT2D eigenvalue weighted by Crippen LogP contribution is 2.52. The molecular formula is C29H40N4O3. The maximum Gasteiger partial charge on any atom is 0.269 e. The predicted molar refractivity (Wildman–Crippen MR) is 139 cm³/mol. The number of carbonyl (C=O) groups excluding carboxylic acids is 1. The normalized spacial score (nSPS) is 25.2. The second-order valence-corrected chi connectivity index (χ2v) is 11.6. The average molecular weight is 493 g/mol. The molecule has 2 atom stereocenters. The fraction of sp³-hybridized carbons (Fsp3) is 0.655. The Bertz CT molecular complexity index is 1110. The van der Waals surface area contributed by atoms with Gasteiger partial charge in [-0.2, -0.15) is 0 Å². The molecule has 1 aliphatic heterocycles. The maximum atomic E-state index is 13.5. The third-order valence-corrected chi connectivity index (χ3v) is 9.26. The number of hydrogen-bond acceptors (Lipinski definition) is 5. The lowest BCUT2D eigenvalue weighted by molar-refractivity contribution is -0.163. The number of aromatic nitrogens is 3. The van der Waals surface area contributed by atoms with Crippen LogP contribution in [0.4, 0.5) is 0 Å². The smallest absolute Gasteiger partial charge is 0.269 e. The summed E-state index contributed by atoms with van der Waals surface area (Å²) in [6, 6.07) is 3.73. The number of pyridine rings is 1. The van der Waals surface area contributed by atoms with Crippen LogP contribution < -0.4 is 5.56 Å². The minimum absolute atomic E-state index is 0.0310. The van der Waals surface area contributed by atoms with Gasteiger partial charge in [0.2, 0.25) is 5.91 Å². The van der Waals surface area contributed by atoms with Gasteiger partial charge in [-0.25, -0.2) is 4.98 Å². The first-order valence-electron chi connectivity index (χ1n) is 13.9. The molecule has 1 spiro atoms. The summed E-state index contributed by atoms with van der Waals surface area (Å²) in [4.78, 5) is 36.7. The summed E-state index contributed by atoms with van der Waals surface area (Å²) in [5.41, 5.74) is -0.0496. The average Bonchev–Trinajstić information content (AvgIpc) is 3.38. The van der Waals surface area contributed by atoms with Crippen molar-refractivity contribution in [2.24, 2.45) is 17.3 Å². The number of likely N-dealkylation sites (tertiary alicyclic amines) is 1. The van der Waals surface area contributed by atoms with Crippen LogP contribution in [-0.2, 0) is 11.3 Å². The van der Waals surface area contributed by atoms with Gasteiger partial charge in [0.05, 0.1) is 24.0 Å². The molecule has 3 fully saturated rings. The first-order chi connectivity index (χ1) is 17.4. The Morgan fingerprint density at radius 1 is 1.11 bits per heavy atom. The molecule has 1 N–H and O–H groups in total. The molecule has 1 amide bonds. The Morgan fingerprint density at radius 2 is 1.83 bits per heavy atom. The number of rotatable bonds is 6.